The number of hydrogen-bond donors (Lipinski definition) is 0. The molecule has 0 aliphatic carbocycles. The Balaban J connectivity index is 1.74. The summed E-state index contributed by atoms with van der Waals surface area (Å²) in [6, 6.07) is 26.7. The van der Waals surface area contributed by atoms with E-state index in [2.05, 4.69) is 41.4 Å². The van der Waals surface area contributed by atoms with Gasteiger partial charge in [0.2, 0.25) is 0 Å². The molecular formula is C26H18N4O. The van der Waals surface area contributed by atoms with Crippen molar-refractivity contribution in [3.8, 4) is 11.4 Å². The first-order valence-corrected chi connectivity index (χ1v) is 10.2. The molecule has 2 heterocycles. The highest BCUT2D eigenvalue weighted by atomic mass is 16.2. The summed E-state index contributed by atoms with van der Waals surface area (Å²) in [6.45, 7) is 0.166. The van der Waals surface area contributed by atoms with Crippen molar-refractivity contribution in [2.75, 3.05) is 0 Å². The normalized spacial score (nSPS) is 11.5. The van der Waals surface area contributed by atoms with Crippen LogP contribution in [0, 0.1) is 0 Å². The lowest BCUT2D eigenvalue weighted by Gasteiger charge is -2.12. The second kappa shape index (κ2) is 6.92. The van der Waals surface area contributed by atoms with E-state index in [1.165, 1.54) is 10.9 Å². The van der Waals surface area contributed by atoms with Crippen LogP contribution in [-0.2, 0) is 6.54 Å². The van der Waals surface area contributed by atoms with E-state index < -0.39 is 0 Å². The van der Waals surface area contributed by atoms with Gasteiger partial charge in [0.05, 0.1) is 11.0 Å². The Kier molecular flexibility index (Phi) is 3.93. The standard InChI is InChI=1S/C26H18N4O/c31-23(29-15-14-27-17-29)16-30-25-22-13-7-5-11-20(22)19-10-4-6-12-21(19)24(25)28-26(30)18-8-2-1-3-9-18/h1-15,17H,16H2. The molecule has 148 valence electrons. The van der Waals surface area contributed by atoms with Crippen molar-refractivity contribution < 1.29 is 4.79 Å². The Morgan fingerprint density at radius 3 is 2.13 bits per heavy atom. The third-order valence-electron chi connectivity index (χ3n) is 5.74. The number of hydrogen-bond acceptors (Lipinski definition) is 3. The van der Waals surface area contributed by atoms with Gasteiger partial charge in [-0.2, -0.15) is 0 Å². The lowest BCUT2D eigenvalue weighted by molar-refractivity contribution is 0.0893. The number of carbonyl (C=O) groups is 1. The van der Waals surface area contributed by atoms with Gasteiger partial charge < -0.3 is 4.57 Å². The van der Waals surface area contributed by atoms with Crippen LogP contribution in [0.15, 0.2) is 97.6 Å². The summed E-state index contributed by atoms with van der Waals surface area (Å²) in [5.41, 5.74) is 2.86. The summed E-state index contributed by atoms with van der Waals surface area (Å²) in [4.78, 5) is 22.2. The summed E-state index contributed by atoms with van der Waals surface area (Å²) in [5.74, 6) is 0.719. The maximum Gasteiger partial charge on any atom is 0.251 e. The van der Waals surface area contributed by atoms with Crippen molar-refractivity contribution in [2.24, 2.45) is 0 Å². The molecule has 0 aliphatic heterocycles. The van der Waals surface area contributed by atoms with Crippen molar-refractivity contribution >= 4 is 38.5 Å². The highest BCUT2D eigenvalue weighted by Crippen LogP contribution is 2.37. The molecule has 4 aromatic carbocycles. The van der Waals surface area contributed by atoms with Crippen molar-refractivity contribution in [1.29, 1.82) is 0 Å². The highest BCUT2D eigenvalue weighted by Gasteiger charge is 2.20. The fraction of sp³-hybridized carbons (Fsp3) is 0.0385. The smallest absolute Gasteiger partial charge is 0.251 e. The van der Waals surface area contributed by atoms with Crippen molar-refractivity contribution in [2.45, 2.75) is 6.54 Å². The predicted molar refractivity (Wildman–Crippen MR) is 123 cm³/mol. The Bertz CT molecular complexity index is 1560. The van der Waals surface area contributed by atoms with Crippen molar-refractivity contribution in [3.63, 3.8) is 0 Å². The zero-order chi connectivity index (χ0) is 20.8. The van der Waals surface area contributed by atoms with E-state index in [0.717, 1.165) is 44.0 Å². The fourth-order valence-corrected chi connectivity index (χ4v) is 4.35. The van der Waals surface area contributed by atoms with E-state index in [1.807, 2.05) is 47.0 Å². The highest BCUT2D eigenvalue weighted by molar-refractivity contribution is 6.24. The SMILES string of the molecule is O=C(Cn1c(-c2ccccc2)nc2c3ccccc3c3ccccc3c21)n1ccnc1. The van der Waals surface area contributed by atoms with Crippen LogP contribution in [0.1, 0.15) is 4.79 Å². The zero-order valence-corrected chi connectivity index (χ0v) is 16.6. The van der Waals surface area contributed by atoms with Crippen LogP contribution < -0.4 is 0 Å². The molecule has 31 heavy (non-hydrogen) atoms. The van der Waals surface area contributed by atoms with Crippen LogP contribution in [0.3, 0.4) is 0 Å². The molecule has 0 fully saturated rings. The molecule has 0 aliphatic rings. The fourth-order valence-electron chi connectivity index (χ4n) is 4.35. The quantitative estimate of drug-likeness (QED) is 0.365. The third-order valence-corrected chi connectivity index (χ3v) is 5.74. The average molecular weight is 402 g/mol. The van der Waals surface area contributed by atoms with Crippen LogP contribution in [-0.4, -0.2) is 25.0 Å². The first kappa shape index (κ1) is 17.6. The molecule has 0 radical (unpaired) electrons. The Morgan fingerprint density at radius 2 is 1.42 bits per heavy atom. The van der Waals surface area contributed by atoms with Gasteiger partial charge in [0.15, 0.2) is 0 Å². The van der Waals surface area contributed by atoms with Crippen LogP contribution in [0.5, 0.6) is 0 Å². The van der Waals surface area contributed by atoms with E-state index in [-0.39, 0.29) is 12.5 Å². The largest absolute Gasteiger partial charge is 0.314 e. The van der Waals surface area contributed by atoms with Crippen molar-refractivity contribution in [1.82, 2.24) is 19.1 Å². The monoisotopic (exact) mass is 402 g/mol. The van der Waals surface area contributed by atoms with Crippen LogP contribution in [0.25, 0.3) is 44.0 Å². The summed E-state index contributed by atoms with van der Waals surface area (Å²) in [6.07, 6.45) is 4.83. The first-order chi connectivity index (χ1) is 15.3. The van der Waals surface area contributed by atoms with Gasteiger partial charge >= 0.3 is 0 Å². The number of nitrogens with zero attached hydrogens (tertiary/aromatic N) is 4. The van der Waals surface area contributed by atoms with Crippen LogP contribution in [0.2, 0.25) is 0 Å². The van der Waals surface area contributed by atoms with E-state index in [1.54, 1.807) is 12.4 Å². The number of aromatic nitrogens is 4. The minimum atomic E-state index is -0.0637. The topological polar surface area (TPSA) is 52.7 Å². The van der Waals surface area contributed by atoms with E-state index >= 15 is 0 Å². The molecule has 0 unspecified atom stereocenters. The molecule has 2 aromatic heterocycles. The molecule has 5 heteroatoms. The molecule has 0 spiro atoms. The first-order valence-electron chi connectivity index (χ1n) is 10.2. The summed E-state index contributed by atoms with van der Waals surface area (Å²) < 4.78 is 3.56. The second-order valence-corrected chi connectivity index (χ2v) is 7.54. The van der Waals surface area contributed by atoms with E-state index in [0.29, 0.717) is 0 Å². The van der Waals surface area contributed by atoms with Gasteiger partial charge in [-0.3, -0.25) is 9.36 Å². The lowest BCUT2D eigenvalue weighted by Crippen LogP contribution is -2.17. The van der Waals surface area contributed by atoms with Gasteiger partial charge in [-0.25, -0.2) is 9.97 Å². The van der Waals surface area contributed by atoms with Gasteiger partial charge in [0, 0.05) is 28.7 Å². The number of benzene rings is 4. The van der Waals surface area contributed by atoms with Crippen molar-refractivity contribution in [3.05, 3.63) is 97.6 Å². The minimum absolute atomic E-state index is 0.0637. The Hall–Kier alpha value is -4.25. The van der Waals surface area contributed by atoms with Gasteiger partial charge in [0.1, 0.15) is 18.7 Å². The van der Waals surface area contributed by atoms with Gasteiger partial charge in [-0.15, -0.1) is 0 Å². The minimum Gasteiger partial charge on any atom is -0.314 e. The number of carbonyl (C=O) groups excluding carboxylic acids is 1. The zero-order valence-electron chi connectivity index (χ0n) is 16.6. The van der Waals surface area contributed by atoms with Crippen LogP contribution >= 0.6 is 0 Å². The third kappa shape index (κ3) is 2.74. The van der Waals surface area contributed by atoms with E-state index in [4.69, 9.17) is 4.98 Å². The Morgan fingerprint density at radius 1 is 0.774 bits per heavy atom. The summed E-state index contributed by atoms with van der Waals surface area (Å²) in [7, 11) is 0. The Labute approximate surface area is 178 Å². The number of rotatable bonds is 3. The molecule has 0 N–H and O–H groups in total. The average Bonchev–Trinajstić information content (AvgIpc) is 3.49. The molecule has 0 bridgehead atoms. The maximum atomic E-state index is 13.1. The lowest BCUT2D eigenvalue weighted by atomic mass is 10.00. The summed E-state index contributed by atoms with van der Waals surface area (Å²) in [5, 5.41) is 4.49. The predicted octanol–water partition coefficient (Wildman–Crippen LogP) is 5.55. The van der Waals surface area contributed by atoms with Gasteiger partial charge in [0.25, 0.3) is 5.91 Å². The molecule has 0 saturated carbocycles. The van der Waals surface area contributed by atoms with Gasteiger partial charge in [-0.1, -0.05) is 78.9 Å². The molecule has 6 rings (SSSR count). The molecular weight excluding hydrogens is 384 g/mol. The molecule has 0 atom stereocenters. The number of fused-ring (bicyclic) bond motifs is 6. The van der Waals surface area contributed by atoms with Crippen LogP contribution in [0.4, 0.5) is 0 Å². The maximum absolute atomic E-state index is 13.1. The van der Waals surface area contributed by atoms with Gasteiger partial charge in [-0.05, 0) is 10.8 Å². The van der Waals surface area contributed by atoms with E-state index in [9.17, 15) is 4.79 Å². The molecule has 0 amide bonds. The second-order valence-electron chi connectivity index (χ2n) is 7.54. The molecule has 0 saturated heterocycles. The molecule has 5 nitrogen and oxygen atoms in total. The summed E-state index contributed by atoms with van der Waals surface area (Å²) >= 11 is 0. The number of imidazole rings is 2. The molecule has 6 aromatic rings.